The summed E-state index contributed by atoms with van der Waals surface area (Å²) < 4.78 is 265. The standard InChI is InChI=1S/C48H33F9.C46H31F9N2/c1-28-12-4-6-14-33(28)31-21-20-30(3)37(24-31)40-26-38(34-15-7-5-13-29(34)2)41(27-39(40)36-17-9-11-19-44(36)47(52,53)54)42-25-32(22-23-45(42)48(55,56)57)35-16-8-10-18-43(35)46(49,50)51;1-26-8-4-5-9-31(26)34-22-36(33-20-29(13-12-27(33)2)39-24-56-18-16-28(39)3)35(32-10-6-7-11-41(32)44(47,48)49)23-37(34)38-21-30(14-15-42(38)45(50,51)52)40-25-57-19-17-43(40)46(53,54)55/h4-27H,1-3H3;4-25H,1-3H3. The number of nitrogens with zero attached hydrogens (tertiary/aromatic N) is 2. The molecule has 576 valence electrons. The van der Waals surface area contributed by atoms with Crippen LogP contribution in [0, 0.1) is 41.5 Å². The first-order valence-corrected chi connectivity index (χ1v) is 35.5. The van der Waals surface area contributed by atoms with Crippen LogP contribution >= 0.6 is 0 Å². The van der Waals surface area contributed by atoms with Crippen molar-refractivity contribution in [2.24, 2.45) is 0 Å². The molecule has 0 bridgehead atoms. The Kier molecular flexibility index (Phi) is 21.7. The number of halogens is 18. The normalized spacial score (nSPS) is 12.2. The average Bonchev–Trinajstić information content (AvgIpc) is 0.741. The largest absolute Gasteiger partial charge is 0.417 e. The van der Waals surface area contributed by atoms with E-state index in [4.69, 9.17) is 0 Å². The maximum Gasteiger partial charge on any atom is 0.417 e. The molecule has 0 spiro atoms. The minimum absolute atomic E-state index is 0.00508. The van der Waals surface area contributed by atoms with Gasteiger partial charge in [0, 0.05) is 35.9 Å². The molecule has 0 amide bonds. The summed E-state index contributed by atoms with van der Waals surface area (Å²) in [7, 11) is 0. The molecule has 2 aromatic heterocycles. The quantitative estimate of drug-likeness (QED) is 0.114. The number of hydrogen-bond donors (Lipinski definition) is 0. The van der Waals surface area contributed by atoms with E-state index in [2.05, 4.69) is 9.97 Å². The molecule has 114 heavy (non-hydrogen) atoms. The summed E-state index contributed by atoms with van der Waals surface area (Å²) in [5.74, 6) is 0. The fourth-order valence-electron chi connectivity index (χ4n) is 14.7. The van der Waals surface area contributed by atoms with Gasteiger partial charge in [-0.1, -0.05) is 164 Å². The molecule has 0 aliphatic carbocycles. The van der Waals surface area contributed by atoms with Crippen LogP contribution in [0.1, 0.15) is 66.8 Å². The van der Waals surface area contributed by atoms with E-state index in [0.717, 1.165) is 94.8 Å². The Labute approximate surface area is 644 Å². The Bertz CT molecular complexity index is 5630. The third kappa shape index (κ3) is 16.3. The lowest BCUT2D eigenvalue weighted by atomic mass is 9.81. The van der Waals surface area contributed by atoms with E-state index in [9.17, 15) is 52.7 Å². The maximum atomic E-state index is 15.1. The highest BCUT2D eigenvalue weighted by atomic mass is 19.4. The molecule has 20 heteroatoms. The summed E-state index contributed by atoms with van der Waals surface area (Å²) >= 11 is 0. The van der Waals surface area contributed by atoms with Crippen LogP contribution in [-0.2, 0) is 37.1 Å². The number of aromatic nitrogens is 2. The highest BCUT2D eigenvalue weighted by Crippen LogP contribution is 2.54. The summed E-state index contributed by atoms with van der Waals surface area (Å²) in [4.78, 5) is 8.08. The number of alkyl halides is 18. The van der Waals surface area contributed by atoms with Crippen molar-refractivity contribution in [2.45, 2.75) is 78.6 Å². The smallest absolute Gasteiger partial charge is 0.264 e. The Morgan fingerprint density at radius 2 is 0.404 bits per heavy atom. The highest BCUT2D eigenvalue weighted by Gasteiger charge is 2.42. The molecule has 0 unspecified atom stereocenters. The minimum Gasteiger partial charge on any atom is -0.264 e. The van der Waals surface area contributed by atoms with E-state index in [1.54, 1.807) is 101 Å². The molecule has 0 atom stereocenters. The van der Waals surface area contributed by atoms with Gasteiger partial charge in [-0.15, -0.1) is 0 Å². The van der Waals surface area contributed by atoms with E-state index in [0.29, 0.717) is 67.3 Å². The van der Waals surface area contributed by atoms with E-state index in [-0.39, 0.29) is 61.2 Å². The van der Waals surface area contributed by atoms with Crippen molar-refractivity contribution in [3.05, 3.63) is 346 Å². The van der Waals surface area contributed by atoms with Crippen molar-refractivity contribution in [3.63, 3.8) is 0 Å². The molecule has 0 fully saturated rings. The predicted octanol–water partition coefficient (Wildman–Crippen LogP) is 30.1. The number of rotatable bonds is 12. The second-order valence-electron chi connectivity index (χ2n) is 27.6. The predicted molar refractivity (Wildman–Crippen MR) is 412 cm³/mol. The van der Waals surface area contributed by atoms with E-state index in [1.807, 2.05) is 80.6 Å². The van der Waals surface area contributed by atoms with Gasteiger partial charge in [-0.25, -0.2) is 0 Å². The van der Waals surface area contributed by atoms with Gasteiger partial charge in [-0.3, -0.25) is 9.97 Å². The van der Waals surface area contributed by atoms with Crippen LogP contribution < -0.4 is 0 Å². The van der Waals surface area contributed by atoms with Crippen LogP contribution in [0.15, 0.2) is 280 Å². The van der Waals surface area contributed by atoms with Gasteiger partial charge in [0.2, 0.25) is 0 Å². The molecule has 0 aliphatic heterocycles. The second-order valence-corrected chi connectivity index (χ2v) is 27.6. The van der Waals surface area contributed by atoms with Crippen LogP contribution in [-0.4, -0.2) is 9.97 Å². The highest BCUT2D eigenvalue weighted by molar-refractivity contribution is 6.01. The molecule has 0 N–H and O–H groups in total. The summed E-state index contributed by atoms with van der Waals surface area (Å²) in [6.45, 7) is 10.9. The lowest BCUT2D eigenvalue weighted by Crippen LogP contribution is -2.10. The maximum absolute atomic E-state index is 15.1. The van der Waals surface area contributed by atoms with Crippen LogP contribution in [0.2, 0.25) is 0 Å². The molecule has 14 aromatic rings. The van der Waals surface area contributed by atoms with Gasteiger partial charge in [0.15, 0.2) is 0 Å². The second kappa shape index (κ2) is 31.0. The summed E-state index contributed by atoms with van der Waals surface area (Å²) in [6, 6.07) is 60.5. The van der Waals surface area contributed by atoms with E-state index >= 15 is 26.3 Å². The first-order valence-electron chi connectivity index (χ1n) is 35.5. The summed E-state index contributed by atoms with van der Waals surface area (Å²) in [5, 5.41) is 0. The fraction of sp³-hybridized carbons (Fsp3) is 0.128. The van der Waals surface area contributed by atoms with Gasteiger partial charge in [0.25, 0.3) is 0 Å². The Balaban J connectivity index is 0.000000199. The molecule has 0 aliphatic rings. The van der Waals surface area contributed by atoms with Crippen molar-refractivity contribution >= 4 is 0 Å². The summed E-state index contributed by atoms with van der Waals surface area (Å²) in [6.07, 6.45) is -24.3. The molecule has 0 radical (unpaired) electrons. The molecule has 12 aromatic carbocycles. The van der Waals surface area contributed by atoms with Crippen molar-refractivity contribution < 1.29 is 79.0 Å². The summed E-state index contributed by atoms with van der Waals surface area (Å²) in [5.41, 5.74) is 1.22. The third-order valence-electron chi connectivity index (χ3n) is 20.3. The Morgan fingerprint density at radius 1 is 0.167 bits per heavy atom. The first kappa shape index (κ1) is 79.8. The first-order chi connectivity index (χ1) is 53.9. The monoisotopic (exact) mass is 1560 g/mol. The molecular formula is C94H64F18N2. The third-order valence-corrected chi connectivity index (χ3v) is 20.3. The van der Waals surface area contributed by atoms with Gasteiger partial charge >= 0.3 is 37.1 Å². The Morgan fingerprint density at radius 3 is 0.789 bits per heavy atom. The zero-order chi connectivity index (χ0) is 81.7. The van der Waals surface area contributed by atoms with E-state index in [1.165, 1.54) is 66.7 Å². The Hall–Kier alpha value is -12.3. The van der Waals surface area contributed by atoms with Gasteiger partial charge in [-0.2, -0.15) is 79.0 Å². The topological polar surface area (TPSA) is 25.8 Å². The average molecular weight is 1560 g/mol. The van der Waals surface area contributed by atoms with Gasteiger partial charge in [-0.05, 0) is 288 Å². The SMILES string of the molecule is Cc1ccccc1-c1ccc(C)c(-c2cc(-c3ccccc3C)c(-c3cc(-c4ccccc4C(F)(F)F)ccc3C(F)(F)F)cc2-c2ccccc2C(F)(F)F)c1.Cc1ccncc1-c1ccc(C)c(-c2cc(-c3ccccc3C)c(-c3cc(-c4cnccc4C(F)(F)F)ccc3C(F)(F)F)cc2-c2ccccc2C(F)(F)F)c1. The number of aryl methyl sites for hydroxylation is 6. The molecular weight excluding hydrogens is 1500 g/mol. The minimum atomic E-state index is -5.02. The number of pyridine rings is 2. The molecule has 2 heterocycles. The molecule has 2 nitrogen and oxygen atoms in total. The van der Waals surface area contributed by atoms with Crippen molar-refractivity contribution in [1.82, 2.24) is 9.97 Å². The van der Waals surface area contributed by atoms with Crippen LogP contribution in [0.25, 0.3) is 134 Å². The van der Waals surface area contributed by atoms with Crippen LogP contribution in [0.5, 0.6) is 0 Å². The molecule has 0 saturated carbocycles. The molecule has 0 saturated heterocycles. The zero-order valence-electron chi connectivity index (χ0n) is 61.3. The van der Waals surface area contributed by atoms with Gasteiger partial charge < -0.3 is 0 Å². The molecule has 14 rings (SSSR count). The van der Waals surface area contributed by atoms with Crippen molar-refractivity contribution in [3.8, 4) is 134 Å². The van der Waals surface area contributed by atoms with Crippen molar-refractivity contribution in [1.29, 1.82) is 0 Å². The van der Waals surface area contributed by atoms with Crippen molar-refractivity contribution in [2.75, 3.05) is 0 Å². The van der Waals surface area contributed by atoms with Crippen LogP contribution in [0.4, 0.5) is 79.0 Å². The van der Waals surface area contributed by atoms with E-state index < -0.39 is 87.1 Å². The number of hydrogen-bond acceptors (Lipinski definition) is 2. The van der Waals surface area contributed by atoms with Crippen LogP contribution in [0.3, 0.4) is 0 Å². The van der Waals surface area contributed by atoms with Gasteiger partial charge in [0.1, 0.15) is 0 Å². The number of benzene rings is 12. The fourth-order valence-corrected chi connectivity index (χ4v) is 14.7. The lowest BCUT2D eigenvalue weighted by molar-refractivity contribution is -0.138. The zero-order valence-corrected chi connectivity index (χ0v) is 61.3. The lowest BCUT2D eigenvalue weighted by Gasteiger charge is -2.24. The van der Waals surface area contributed by atoms with Gasteiger partial charge in [0.05, 0.1) is 33.4 Å².